The lowest BCUT2D eigenvalue weighted by Crippen LogP contribution is -2.21. The van der Waals surface area contributed by atoms with Gasteiger partial charge in [0.25, 0.3) is 0 Å². The molecular formula is C21H40O4. The van der Waals surface area contributed by atoms with E-state index in [1.807, 2.05) is 0 Å². The van der Waals surface area contributed by atoms with E-state index in [9.17, 15) is 9.59 Å². The molecule has 0 N–H and O–H groups in total. The molecule has 0 fully saturated rings. The van der Waals surface area contributed by atoms with Gasteiger partial charge in [0.2, 0.25) is 0 Å². The lowest BCUT2D eigenvalue weighted by Gasteiger charge is -2.14. The highest BCUT2D eigenvalue weighted by Crippen LogP contribution is 2.18. The molecule has 0 rings (SSSR count). The normalized spacial score (nSPS) is 12.0. The van der Waals surface area contributed by atoms with Gasteiger partial charge in [0.1, 0.15) is 0 Å². The first-order valence-electron chi connectivity index (χ1n) is 10.4. The Morgan fingerprint density at radius 1 is 0.760 bits per heavy atom. The molecule has 0 aliphatic carbocycles. The molecule has 148 valence electrons. The van der Waals surface area contributed by atoms with E-state index < -0.39 is 0 Å². The highest BCUT2D eigenvalue weighted by molar-refractivity contribution is 5.79. The molecule has 0 amide bonds. The fourth-order valence-corrected chi connectivity index (χ4v) is 3.08. The molecule has 4 heteroatoms. The molecule has 0 aromatic rings. The number of carbonyl (C=O) groups is 2. The van der Waals surface area contributed by atoms with Gasteiger partial charge in [-0.3, -0.25) is 9.59 Å². The second-order valence-electron chi connectivity index (χ2n) is 6.91. The molecule has 0 saturated heterocycles. The number of ether oxygens (including phenoxy) is 2. The summed E-state index contributed by atoms with van der Waals surface area (Å²) in [4.78, 5) is 23.3. The Kier molecular flexibility index (Phi) is 17.0. The molecule has 0 aromatic heterocycles. The molecule has 0 heterocycles. The van der Waals surface area contributed by atoms with Crippen molar-refractivity contribution in [1.82, 2.24) is 0 Å². The van der Waals surface area contributed by atoms with E-state index in [4.69, 9.17) is 4.74 Å². The predicted molar refractivity (Wildman–Crippen MR) is 102 cm³/mol. The maximum atomic E-state index is 11.9. The summed E-state index contributed by atoms with van der Waals surface area (Å²) in [5.74, 6) is -0.955. The molecule has 0 aliphatic rings. The van der Waals surface area contributed by atoms with E-state index >= 15 is 0 Å². The van der Waals surface area contributed by atoms with Crippen LogP contribution in [0.4, 0.5) is 0 Å². The van der Waals surface area contributed by atoms with E-state index in [0.717, 1.165) is 12.8 Å². The van der Waals surface area contributed by atoms with Crippen LogP contribution in [-0.4, -0.2) is 25.7 Å². The van der Waals surface area contributed by atoms with Gasteiger partial charge >= 0.3 is 11.9 Å². The lowest BCUT2D eigenvalue weighted by atomic mass is 9.97. The topological polar surface area (TPSA) is 52.6 Å². The number of hydrogen-bond donors (Lipinski definition) is 0. The molecule has 1 unspecified atom stereocenters. The molecule has 0 aliphatic heterocycles. The van der Waals surface area contributed by atoms with E-state index in [0.29, 0.717) is 13.0 Å². The van der Waals surface area contributed by atoms with Gasteiger partial charge in [0.05, 0.1) is 26.1 Å². The van der Waals surface area contributed by atoms with E-state index in [2.05, 4.69) is 11.7 Å². The van der Waals surface area contributed by atoms with Crippen molar-refractivity contribution in [2.24, 2.45) is 5.92 Å². The average molecular weight is 357 g/mol. The molecule has 0 radical (unpaired) electrons. The van der Waals surface area contributed by atoms with Gasteiger partial charge in [0.15, 0.2) is 0 Å². The van der Waals surface area contributed by atoms with Crippen LogP contribution in [0.15, 0.2) is 0 Å². The Hall–Kier alpha value is -1.06. The first kappa shape index (κ1) is 23.9. The van der Waals surface area contributed by atoms with Crippen molar-refractivity contribution >= 4 is 11.9 Å². The van der Waals surface area contributed by atoms with Crippen molar-refractivity contribution in [3.05, 3.63) is 0 Å². The van der Waals surface area contributed by atoms with Gasteiger partial charge in [-0.25, -0.2) is 0 Å². The van der Waals surface area contributed by atoms with E-state index in [1.54, 1.807) is 6.92 Å². The third-order valence-electron chi connectivity index (χ3n) is 4.67. The number of methoxy groups -OCH3 is 1. The van der Waals surface area contributed by atoms with Crippen molar-refractivity contribution in [3.63, 3.8) is 0 Å². The van der Waals surface area contributed by atoms with Gasteiger partial charge < -0.3 is 9.47 Å². The molecular weight excluding hydrogens is 316 g/mol. The van der Waals surface area contributed by atoms with Crippen LogP contribution in [0, 0.1) is 5.92 Å². The minimum absolute atomic E-state index is 0.132. The summed E-state index contributed by atoms with van der Waals surface area (Å²) in [7, 11) is 1.36. The van der Waals surface area contributed by atoms with Crippen LogP contribution in [0.3, 0.4) is 0 Å². The quantitative estimate of drug-likeness (QED) is 0.243. The number of unbranched alkanes of at least 4 members (excludes halogenated alkanes) is 11. The number of hydrogen-bond acceptors (Lipinski definition) is 4. The number of esters is 2. The van der Waals surface area contributed by atoms with Gasteiger partial charge in [0, 0.05) is 0 Å². The Morgan fingerprint density at radius 2 is 1.24 bits per heavy atom. The molecule has 0 saturated carbocycles. The highest BCUT2D eigenvalue weighted by Gasteiger charge is 2.23. The first-order chi connectivity index (χ1) is 12.2. The van der Waals surface area contributed by atoms with Crippen LogP contribution in [0.1, 0.15) is 104 Å². The second-order valence-corrected chi connectivity index (χ2v) is 6.91. The third-order valence-corrected chi connectivity index (χ3v) is 4.67. The van der Waals surface area contributed by atoms with Crippen molar-refractivity contribution in [1.29, 1.82) is 0 Å². The summed E-state index contributed by atoms with van der Waals surface area (Å²) in [6.07, 6.45) is 16.3. The van der Waals surface area contributed by atoms with Gasteiger partial charge in [-0.2, -0.15) is 0 Å². The van der Waals surface area contributed by atoms with Crippen LogP contribution in [0.2, 0.25) is 0 Å². The highest BCUT2D eigenvalue weighted by atomic mass is 16.5. The summed E-state index contributed by atoms with van der Waals surface area (Å²) in [5, 5.41) is 0. The predicted octanol–water partition coefficient (Wildman–Crippen LogP) is 5.82. The Balaban J connectivity index is 3.64. The Morgan fingerprint density at radius 3 is 1.68 bits per heavy atom. The largest absolute Gasteiger partial charge is 0.469 e. The molecule has 0 aromatic carbocycles. The zero-order chi connectivity index (χ0) is 18.8. The van der Waals surface area contributed by atoms with Gasteiger partial charge in [-0.05, 0) is 13.3 Å². The van der Waals surface area contributed by atoms with Crippen LogP contribution in [-0.2, 0) is 19.1 Å². The van der Waals surface area contributed by atoms with Gasteiger partial charge in [-0.15, -0.1) is 0 Å². The first-order valence-corrected chi connectivity index (χ1v) is 10.4. The maximum absolute atomic E-state index is 11.9. The summed E-state index contributed by atoms with van der Waals surface area (Å²) >= 11 is 0. The fraction of sp³-hybridized carbons (Fsp3) is 0.905. The maximum Gasteiger partial charge on any atom is 0.309 e. The monoisotopic (exact) mass is 356 g/mol. The summed E-state index contributed by atoms with van der Waals surface area (Å²) in [6, 6.07) is 0. The molecule has 1 atom stereocenters. The Labute approximate surface area is 155 Å². The SMILES string of the molecule is CCCCCCCCCCCCCCC(CC(=O)OC)C(=O)OCC. The van der Waals surface area contributed by atoms with Crippen molar-refractivity contribution < 1.29 is 19.1 Å². The van der Waals surface area contributed by atoms with Crippen molar-refractivity contribution in [2.45, 2.75) is 104 Å². The van der Waals surface area contributed by atoms with Crippen LogP contribution < -0.4 is 0 Å². The second kappa shape index (κ2) is 17.8. The third kappa shape index (κ3) is 14.9. The standard InChI is InChI=1S/C21H40O4/c1-4-6-7-8-9-10-11-12-13-14-15-16-17-19(18-20(22)24-3)21(23)25-5-2/h19H,4-18H2,1-3H3. The number of rotatable bonds is 17. The van der Waals surface area contributed by atoms with Crippen LogP contribution >= 0.6 is 0 Å². The molecule has 0 bridgehead atoms. The number of carbonyl (C=O) groups excluding carboxylic acids is 2. The minimum atomic E-state index is -0.351. The molecule has 4 nitrogen and oxygen atoms in total. The van der Waals surface area contributed by atoms with Crippen LogP contribution in [0.5, 0.6) is 0 Å². The van der Waals surface area contributed by atoms with Crippen LogP contribution in [0.25, 0.3) is 0 Å². The van der Waals surface area contributed by atoms with Gasteiger partial charge in [-0.1, -0.05) is 84.0 Å². The summed E-state index contributed by atoms with van der Waals surface area (Å²) < 4.78 is 9.74. The lowest BCUT2D eigenvalue weighted by molar-refractivity contribution is -0.154. The molecule has 0 spiro atoms. The summed E-state index contributed by atoms with van der Waals surface area (Å²) in [6.45, 7) is 4.40. The molecule has 25 heavy (non-hydrogen) atoms. The van der Waals surface area contributed by atoms with E-state index in [-0.39, 0.29) is 24.3 Å². The minimum Gasteiger partial charge on any atom is -0.469 e. The average Bonchev–Trinajstić information content (AvgIpc) is 2.61. The summed E-state index contributed by atoms with van der Waals surface area (Å²) in [5.41, 5.74) is 0. The van der Waals surface area contributed by atoms with E-state index in [1.165, 1.54) is 71.3 Å². The Bertz CT molecular complexity index is 328. The van der Waals surface area contributed by atoms with Crippen molar-refractivity contribution in [2.75, 3.05) is 13.7 Å². The van der Waals surface area contributed by atoms with Crippen molar-refractivity contribution in [3.8, 4) is 0 Å². The smallest absolute Gasteiger partial charge is 0.309 e. The zero-order valence-corrected chi connectivity index (χ0v) is 16.8. The fourth-order valence-electron chi connectivity index (χ4n) is 3.08. The zero-order valence-electron chi connectivity index (χ0n) is 16.8.